The molecule has 0 radical (unpaired) electrons. The number of carbonyl (C=O) groups is 1. The number of amides is 1. The molecule has 5 nitrogen and oxygen atoms in total. The average Bonchev–Trinajstić information content (AvgIpc) is 2.52. The number of methoxy groups -OCH3 is 1. The molecule has 116 valence electrons. The minimum Gasteiger partial charge on any atom is -0.496 e. The van der Waals surface area contributed by atoms with Gasteiger partial charge in [-0.15, -0.1) is 0 Å². The quantitative estimate of drug-likeness (QED) is 0.925. The van der Waals surface area contributed by atoms with Crippen LogP contribution < -0.4 is 10.5 Å². The van der Waals surface area contributed by atoms with Gasteiger partial charge in [-0.2, -0.15) is 0 Å². The molecule has 2 rings (SSSR count). The van der Waals surface area contributed by atoms with E-state index in [1.807, 2.05) is 17.9 Å². The highest BCUT2D eigenvalue weighted by Gasteiger charge is 2.30. The normalized spacial score (nSPS) is 17.3. The number of rotatable bonds is 4. The Bertz CT molecular complexity index is 516. The summed E-state index contributed by atoms with van der Waals surface area (Å²) in [5.74, 6) is 0.787. The van der Waals surface area contributed by atoms with Crippen molar-refractivity contribution in [2.75, 3.05) is 13.7 Å². The zero-order valence-electron chi connectivity index (χ0n) is 13.0. The fourth-order valence-corrected chi connectivity index (χ4v) is 2.87. The molecule has 2 N–H and O–H groups in total. The summed E-state index contributed by atoms with van der Waals surface area (Å²) in [7, 11) is 1.64. The predicted molar refractivity (Wildman–Crippen MR) is 81.2 cm³/mol. The molecule has 1 heterocycles. The van der Waals surface area contributed by atoms with Crippen molar-refractivity contribution in [3.05, 3.63) is 28.8 Å². The van der Waals surface area contributed by atoms with Gasteiger partial charge in [0.05, 0.1) is 13.7 Å². The highest BCUT2D eigenvalue weighted by atomic mass is 16.6. The monoisotopic (exact) mass is 292 g/mol. The van der Waals surface area contributed by atoms with Crippen molar-refractivity contribution < 1.29 is 14.3 Å². The lowest BCUT2D eigenvalue weighted by atomic mass is 9.91. The van der Waals surface area contributed by atoms with Crippen LogP contribution in [0.1, 0.15) is 37.0 Å². The Balaban J connectivity index is 2.33. The molecule has 0 bridgehead atoms. The number of hydrogen-bond acceptors (Lipinski definition) is 4. The van der Waals surface area contributed by atoms with E-state index in [1.165, 1.54) is 5.56 Å². The Morgan fingerprint density at radius 2 is 2.14 bits per heavy atom. The first-order chi connectivity index (χ1) is 10.1. The van der Waals surface area contributed by atoms with Gasteiger partial charge < -0.3 is 20.1 Å². The number of carbonyl (C=O) groups excluding carboxylic acids is 1. The molecule has 1 aliphatic rings. The summed E-state index contributed by atoms with van der Waals surface area (Å²) in [6.07, 6.45) is 1.50. The van der Waals surface area contributed by atoms with Crippen molar-refractivity contribution in [3.8, 4) is 5.75 Å². The van der Waals surface area contributed by atoms with Gasteiger partial charge in [-0.3, -0.25) is 0 Å². The van der Waals surface area contributed by atoms with Gasteiger partial charge in [0.15, 0.2) is 0 Å². The van der Waals surface area contributed by atoms with Crippen LogP contribution in [0.5, 0.6) is 5.75 Å². The molecular formula is C16H24N2O3. The van der Waals surface area contributed by atoms with E-state index in [-0.39, 0.29) is 12.1 Å². The SMILES string of the molecule is CCOC(=O)N1Cc2cc(OC)c(CN)cc2CC1CC. The molecule has 0 aromatic heterocycles. The molecule has 0 aliphatic carbocycles. The standard InChI is InChI=1S/C16H24N2O3/c1-4-14-7-11-6-12(9-17)15(20-3)8-13(11)10-18(14)16(19)21-5-2/h6,8,14H,4-5,7,9-10,17H2,1-3H3. The third kappa shape index (κ3) is 3.13. The Morgan fingerprint density at radius 3 is 2.71 bits per heavy atom. The Morgan fingerprint density at radius 1 is 1.38 bits per heavy atom. The fraction of sp³-hybridized carbons (Fsp3) is 0.562. The van der Waals surface area contributed by atoms with E-state index < -0.39 is 0 Å². The van der Waals surface area contributed by atoms with Crippen molar-refractivity contribution >= 4 is 6.09 Å². The summed E-state index contributed by atoms with van der Waals surface area (Å²) >= 11 is 0. The largest absolute Gasteiger partial charge is 0.496 e. The Labute approximate surface area is 126 Å². The molecule has 0 fully saturated rings. The predicted octanol–water partition coefficient (Wildman–Crippen LogP) is 2.45. The molecule has 1 aliphatic heterocycles. The first-order valence-electron chi connectivity index (χ1n) is 7.46. The van der Waals surface area contributed by atoms with Crippen LogP contribution in [0, 0.1) is 0 Å². The fourth-order valence-electron chi connectivity index (χ4n) is 2.87. The van der Waals surface area contributed by atoms with E-state index in [9.17, 15) is 4.79 Å². The molecule has 5 heteroatoms. The van der Waals surface area contributed by atoms with Gasteiger partial charge in [-0.1, -0.05) is 13.0 Å². The Kier molecular flexibility index (Phi) is 5.07. The van der Waals surface area contributed by atoms with E-state index in [4.69, 9.17) is 15.2 Å². The maximum Gasteiger partial charge on any atom is 0.410 e. The smallest absolute Gasteiger partial charge is 0.410 e. The lowest BCUT2D eigenvalue weighted by Crippen LogP contribution is -2.44. The second-order valence-electron chi connectivity index (χ2n) is 5.23. The molecular weight excluding hydrogens is 268 g/mol. The second kappa shape index (κ2) is 6.80. The average molecular weight is 292 g/mol. The highest BCUT2D eigenvalue weighted by Crippen LogP contribution is 2.31. The third-order valence-electron chi connectivity index (χ3n) is 4.03. The van der Waals surface area contributed by atoms with Crippen molar-refractivity contribution in [2.45, 2.75) is 45.8 Å². The molecule has 1 amide bonds. The number of fused-ring (bicyclic) bond motifs is 1. The lowest BCUT2D eigenvalue weighted by molar-refractivity contribution is 0.0813. The molecule has 1 unspecified atom stereocenters. The van der Waals surface area contributed by atoms with Gasteiger partial charge >= 0.3 is 6.09 Å². The number of nitrogens with zero attached hydrogens (tertiary/aromatic N) is 1. The zero-order valence-corrected chi connectivity index (χ0v) is 13.0. The summed E-state index contributed by atoms with van der Waals surface area (Å²) in [5.41, 5.74) is 9.15. The van der Waals surface area contributed by atoms with Crippen molar-refractivity contribution in [1.82, 2.24) is 4.90 Å². The summed E-state index contributed by atoms with van der Waals surface area (Å²) in [6.45, 7) is 5.33. The second-order valence-corrected chi connectivity index (χ2v) is 5.23. The molecule has 1 aromatic rings. The van der Waals surface area contributed by atoms with Gasteiger partial charge in [0.25, 0.3) is 0 Å². The van der Waals surface area contributed by atoms with Crippen LogP contribution in [-0.2, 0) is 24.2 Å². The van der Waals surface area contributed by atoms with Crippen LogP contribution in [-0.4, -0.2) is 30.8 Å². The van der Waals surface area contributed by atoms with E-state index >= 15 is 0 Å². The topological polar surface area (TPSA) is 64.8 Å². The number of benzene rings is 1. The van der Waals surface area contributed by atoms with Gasteiger partial charge in [0, 0.05) is 24.7 Å². The molecule has 21 heavy (non-hydrogen) atoms. The lowest BCUT2D eigenvalue weighted by Gasteiger charge is -2.36. The third-order valence-corrected chi connectivity index (χ3v) is 4.03. The van der Waals surface area contributed by atoms with Gasteiger partial charge in [0.1, 0.15) is 5.75 Å². The molecule has 0 saturated heterocycles. The van der Waals surface area contributed by atoms with Crippen LogP contribution in [0.25, 0.3) is 0 Å². The van der Waals surface area contributed by atoms with E-state index in [0.29, 0.717) is 19.7 Å². The van der Waals surface area contributed by atoms with Crippen molar-refractivity contribution in [3.63, 3.8) is 0 Å². The van der Waals surface area contributed by atoms with Crippen LogP contribution >= 0.6 is 0 Å². The number of nitrogens with two attached hydrogens (primary N) is 1. The maximum atomic E-state index is 12.1. The minimum absolute atomic E-state index is 0.176. The first kappa shape index (κ1) is 15.6. The van der Waals surface area contributed by atoms with Crippen LogP contribution in [0.3, 0.4) is 0 Å². The van der Waals surface area contributed by atoms with Crippen LogP contribution in [0.2, 0.25) is 0 Å². The Hall–Kier alpha value is -1.75. The van der Waals surface area contributed by atoms with Gasteiger partial charge in [0.2, 0.25) is 0 Å². The minimum atomic E-state index is -0.239. The van der Waals surface area contributed by atoms with Crippen molar-refractivity contribution in [2.24, 2.45) is 5.73 Å². The molecule has 0 spiro atoms. The van der Waals surface area contributed by atoms with E-state index in [0.717, 1.165) is 29.7 Å². The number of hydrogen-bond donors (Lipinski definition) is 1. The summed E-state index contributed by atoms with van der Waals surface area (Å²) < 4.78 is 10.5. The van der Waals surface area contributed by atoms with Crippen molar-refractivity contribution in [1.29, 1.82) is 0 Å². The maximum absolute atomic E-state index is 12.1. The highest BCUT2D eigenvalue weighted by molar-refractivity contribution is 5.69. The first-order valence-corrected chi connectivity index (χ1v) is 7.46. The molecule has 1 atom stereocenters. The van der Waals surface area contributed by atoms with Crippen LogP contribution in [0.15, 0.2) is 12.1 Å². The summed E-state index contributed by atoms with van der Waals surface area (Å²) in [6, 6.07) is 4.28. The molecule has 0 saturated carbocycles. The summed E-state index contributed by atoms with van der Waals surface area (Å²) in [5, 5.41) is 0. The zero-order chi connectivity index (χ0) is 15.4. The van der Waals surface area contributed by atoms with E-state index in [2.05, 4.69) is 13.0 Å². The molecule has 1 aromatic carbocycles. The van der Waals surface area contributed by atoms with E-state index in [1.54, 1.807) is 7.11 Å². The van der Waals surface area contributed by atoms with Crippen LogP contribution in [0.4, 0.5) is 4.79 Å². The summed E-state index contributed by atoms with van der Waals surface area (Å²) in [4.78, 5) is 13.9. The number of ether oxygens (including phenoxy) is 2. The van der Waals surface area contributed by atoms with Gasteiger partial charge in [-0.05, 0) is 37.0 Å². The van der Waals surface area contributed by atoms with Gasteiger partial charge in [-0.25, -0.2) is 4.79 Å².